The van der Waals surface area contributed by atoms with E-state index in [1.807, 2.05) is 14.0 Å². The third-order valence-electron chi connectivity index (χ3n) is 2.99. The second kappa shape index (κ2) is 4.97. The lowest BCUT2D eigenvalue weighted by atomic mass is 10.2. The zero-order valence-electron chi connectivity index (χ0n) is 11.6. The van der Waals surface area contributed by atoms with Crippen molar-refractivity contribution in [3.05, 3.63) is 23.5 Å². The first-order valence-corrected chi connectivity index (χ1v) is 6.13. The molecule has 6 heteroatoms. The highest BCUT2D eigenvalue weighted by Crippen LogP contribution is 2.17. The van der Waals surface area contributed by atoms with Crippen molar-refractivity contribution in [1.82, 2.24) is 19.7 Å². The second-order valence-electron chi connectivity index (χ2n) is 4.84. The van der Waals surface area contributed by atoms with Gasteiger partial charge in [-0.2, -0.15) is 5.10 Å². The largest absolute Gasteiger partial charge is 0.392 e. The van der Waals surface area contributed by atoms with Gasteiger partial charge in [0.15, 0.2) is 5.65 Å². The van der Waals surface area contributed by atoms with Crippen molar-refractivity contribution >= 4 is 16.9 Å². The van der Waals surface area contributed by atoms with Crippen LogP contribution in [0.3, 0.4) is 0 Å². The average molecular weight is 262 g/mol. The Bertz CT molecular complexity index is 618. The van der Waals surface area contributed by atoms with E-state index in [1.54, 1.807) is 30.9 Å². The van der Waals surface area contributed by atoms with Gasteiger partial charge < -0.3 is 10.0 Å². The highest BCUT2D eigenvalue weighted by Gasteiger charge is 2.16. The lowest BCUT2D eigenvalue weighted by molar-refractivity contribution is 0.0703. The van der Waals surface area contributed by atoms with Crippen LogP contribution in [0.5, 0.6) is 0 Å². The van der Waals surface area contributed by atoms with Crippen LogP contribution < -0.4 is 0 Å². The van der Waals surface area contributed by atoms with Gasteiger partial charge in [0.05, 0.1) is 17.4 Å². The van der Waals surface area contributed by atoms with Crippen molar-refractivity contribution in [3.63, 3.8) is 0 Å². The molecule has 1 unspecified atom stereocenters. The summed E-state index contributed by atoms with van der Waals surface area (Å²) in [5.74, 6) is -0.154. The van der Waals surface area contributed by atoms with Gasteiger partial charge >= 0.3 is 0 Å². The molecule has 0 aliphatic heterocycles. The molecule has 2 rings (SSSR count). The molecule has 102 valence electrons. The molecule has 0 aliphatic carbocycles. The standard InChI is InChI=1S/C13H18N4O2/c1-8(18)7-16(3)13(19)10-5-11-9(2)15-17(4)12(11)14-6-10/h5-6,8,18H,7H2,1-4H3. The zero-order valence-corrected chi connectivity index (χ0v) is 11.6. The quantitative estimate of drug-likeness (QED) is 0.885. The van der Waals surface area contributed by atoms with E-state index in [9.17, 15) is 9.90 Å². The number of amides is 1. The Hall–Kier alpha value is -1.95. The summed E-state index contributed by atoms with van der Waals surface area (Å²) in [6.07, 6.45) is 0.996. The number of nitrogens with zero attached hydrogens (tertiary/aromatic N) is 4. The smallest absolute Gasteiger partial charge is 0.255 e. The summed E-state index contributed by atoms with van der Waals surface area (Å²) < 4.78 is 1.69. The first-order valence-electron chi connectivity index (χ1n) is 6.13. The number of aryl methyl sites for hydroxylation is 2. The molecule has 1 N–H and O–H groups in total. The van der Waals surface area contributed by atoms with Crippen molar-refractivity contribution in [3.8, 4) is 0 Å². The topological polar surface area (TPSA) is 71.2 Å². The van der Waals surface area contributed by atoms with Crippen LogP contribution in [0.2, 0.25) is 0 Å². The molecule has 0 saturated heterocycles. The van der Waals surface area contributed by atoms with E-state index in [0.717, 1.165) is 16.7 Å². The van der Waals surface area contributed by atoms with Gasteiger partial charge in [-0.05, 0) is 19.9 Å². The number of aliphatic hydroxyl groups excluding tert-OH is 1. The molecule has 0 saturated carbocycles. The Balaban J connectivity index is 2.35. The van der Waals surface area contributed by atoms with Gasteiger partial charge in [-0.3, -0.25) is 9.48 Å². The first-order chi connectivity index (χ1) is 8.90. The summed E-state index contributed by atoms with van der Waals surface area (Å²) in [6, 6.07) is 1.80. The fraction of sp³-hybridized carbons (Fsp3) is 0.462. The van der Waals surface area contributed by atoms with Gasteiger partial charge in [0, 0.05) is 32.2 Å². The SMILES string of the molecule is Cc1nn(C)c2ncc(C(=O)N(C)CC(C)O)cc12. The molecule has 0 aliphatic rings. The summed E-state index contributed by atoms with van der Waals surface area (Å²) in [5, 5.41) is 14.5. The van der Waals surface area contributed by atoms with Crippen molar-refractivity contribution in [2.45, 2.75) is 20.0 Å². The number of aliphatic hydroxyl groups is 1. The van der Waals surface area contributed by atoms with Gasteiger partial charge in [0.2, 0.25) is 0 Å². The number of aromatic nitrogens is 3. The molecule has 1 amide bonds. The number of pyridine rings is 1. The van der Waals surface area contributed by atoms with Crippen molar-refractivity contribution in [2.24, 2.45) is 7.05 Å². The maximum atomic E-state index is 12.2. The fourth-order valence-corrected chi connectivity index (χ4v) is 2.12. The molecule has 6 nitrogen and oxygen atoms in total. The monoisotopic (exact) mass is 262 g/mol. The van der Waals surface area contributed by atoms with E-state index in [4.69, 9.17) is 0 Å². The molecule has 2 aromatic rings. The summed E-state index contributed by atoms with van der Waals surface area (Å²) >= 11 is 0. The molecule has 0 bridgehead atoms. The molecule has 2 aromatic heterocycles. The van der Waals surface area contributed by atoms with Crippen LogP contribution in [0.1, 0.15) is 23.0 Å². The minimum atomic E-state index is -0.550. The number of hydrogen-bond acceptors (Lipinski definition) is 4. The molecular formula is C13H18N4O2. The van der Waals surface area contributed by atoms with E-state index >= 15 is 0 Å². The Kier molecular flexibility index (Phi) is 3.53. The maximum Gasteiger partial charge on any atom is 0.255 e. The summed E-state index contributed by atoms with van der Waals surface area (Å²) in [7, 11) is 3.48. The Labute approximate surface area is 111 Å². The first kappa shape index (κ1) is 13.5. The van der Waals surface area contributed by atoms with Crippen LogP contribution in [0, 0.1) is 6.92 Å². The predicted octanol–water partition coefficient (Wildman–Crippen LogP) is 0.730. The van der Waals surface area contributed by atoms with Crippen molar-refractivity contribution < 1.29 is 9.90 Å². The average Bonchev–Trinajstić information content (AvgIpc) is 2.63. The molecular weight excluding hydrogens is 244 g/mol. The minimum absolute atomic E-state index is 0.154. The highest BCUT2D eigenvalue weighted by molar-refractivity contribution is 5.97. The van der Waals surface area contributed by atoms with E-state index < -0.39 is 6.10 Å². The molecule has 19 heavy (non-hydrogen) atoms. The summed E-state index contributed by atoms with van der Waals surface area (Å²) in [5.41, 5.74) is 2.11. The van der Waals surface area contributed by atoms with Crippen LogP contribution in [-0.4, -0.2) is 50.4 Å². The second-order valence-corrected chi connectivity index (χ2v) is 4.84. The Morgan fingerprint density at radius 1 is 1.58 bits per heavy atom. The van der Waals surface area contributed by atoms with Crippen LogP contribution in [0.15, 0.2) is 12.3 Å². The van der Waals surface area contributed by atoms with E-state index in [2.05, 4.69) is 10.1 Å². The molecule has 0 radical (unpaired) electrons. The Morgan fingerprint density at radius 2 is 2.26 bits per heavy atom. The Morgan fingerprint density at radius 3 is 2.89 bits per heavy atom. The van der Waals surface area contributed by atoms with E-state index in [1.165, 1.54) is 4.90 Å². The normalized spacial score (nSPS) is 12.7. The third-order valence-corrected chi connectivity index (χ3v) is 2.99. The van der Waals surface area contributed by atoms with Crippen LogP contribution >= 0.6 is 0 Å². The summed E-state index contributed by atoms with van der Waals surface area (Å²) in [4.78, 5) is 17.9. The fourth-order valence-electron chi connectivity index (χ4n) is 2.12. The zero-order chi connectivity index (χ0) is 14.2. The van der Waals surface area contributed by atoms with Crippen LogP contribution in [-0.2, 0) is 7.05 Å². The van der Waals surface area contributed by atoms with Gasteiger partial charge in [0.25, 0.3) is 5.91 Å². The van der Waals surface area contributed by atoms with Crippen molar-refractivity contribution in [2.75, 3.05) is 13.6 Å². The molecule has 2 heterocycles. The van der Waals surface area contributed by atoms with E-state index in [-0.39, 0.29) is 5.91 Å². The van der Waals surface area contributed by atoms with Gasteiger partial charge in [0.1, 0.15) is 0 Å². The number of likely N-dealkylation sites (N-methyl/N-ethyl adjacent to an activating group) is 1. The van der Waals surface area contributed by atoms with Crippen molar-refractivity contribution in [1.29, 1.82) is 0 Å². The lowest BCUT2D eigenvalue weighted by Crippen LogP contribution is -2.33. The molecule has 0 fully saturated rings. The lowest BCUT2D eigenvalue weighted by Gasteiger charge is -2.18. The maximum absolute atomic E-state index is 12.2. The number of carbonyl (C=O) groups excluding carboxylic acids is 1. The predicted molar refractivity (Wildman–Crippen MR) is 71.9 cm³/mol. The van der Waals surface area contributed by atoms with Gasteiger partial charge in [-0.25, -0.2) is 4.98 Å². The van der Waals surface area contributed by atoms with E-state index in [0.29, 0.717) is 12.1 Å². The number of fused-ring (bicyclic) bond motifs is 1. The number of carbonyl (C=O) groups is 1. The van der Waals surface area contributed by atoms with Gasteiger partial charge in [-0.1, -0.05) is 0 Å². The minimum Gasteiger partial charge on any atom is -0.392 e. The molecule has 0 spiro atoms. The van der Waals surface area contributed by atoms with Crippen LogP contribution in [0.25, 0.3) is 11.0 Å². The summed E-state index contributed by atoms with van der Waals surface area (Å²) in [6.45, 7) is 3.83. The van der Waals surface area contributed by atoms with Gasteiger partial charge in [-0.15, -0.1) is 0 Å². The highest BCUT2D eigenvalue weighted by atomic mass is 16.3. The number of rotatable bonds is 3. The molecule has 0 aromatic carbocycles. The van der Waals surface area contributed by atoms with Crippen LogP contribution in [0.4, 0.5) is 0 Å². The number of hydrogen-bond donors (Lipinski definition) is 1. The third kappa shape index (κ3) is 2.58. The molecule has 1 atom stereocenters.